The van der Waals surface area contributed by atoms with E-state index in [2.05, 4.69) is 12.2 Å². The van der Waals surface area contributed by atoms with Crippen molar-refractivity contribution in [3.8, 4) is 5.75 Å². The zero-order chi connectivity index (χ0) is 25.2. The van der Waals surface area contributed by atoms with E-state index >= 15 is 0 Å². The number of methoxy groups -OCH3 is 1. The lowest BCUT2D eigenvalue weighted by atomic mass is 10.0. The van der Waals surface area contributed by atoms with Crippen LogP contribution in [-0.2, 0) is 23.1 Å². The number of ether oxygens (including phenoxy) is 1. The van der Waals surface area contributed by atoms with Gasteiger partial charge in [0.15, 0.2) is 0 Å². The van der Waals surface area contributed by atoms with E-state index in [-0.39, 0.29) is 22.4 Å². The van der Waals surface area contributed by atoms with Crippen LogP contribution in [0.4, 0.5) is 0 Å². The first kappa shape index (κ1) is 24.9. The minimum Gasteiger partial charge on any atom is -0.496 e. The van der Waals surface area contributed by atoms with E-state index in [1.165, 1.54) is 16.6 Å². The molecule has 1 aliphatic heterocycles. The summed E-state index contributed by atoms with van der Waals surface area (Å²) in [5.41, 5.74) is 0.844. The van der Waals surface area contributed by atoms with Crippen LogP contribution in [0.1, 0.15) is 42.6 Å². The molecule has 1 aliphatic rings. The van der Waals surface area contributed by atoms with Gasteiger partial charge in [-0.15, -0.1) is 0 Å². The molecule has 35 heavy (non-hydrogen) atoms. The van der Waals surface area contributed by atoms with E-state index in [9.17, 15) is 18.0 Å². The molecule has 0 spiro atoms. The molecule has 186 valence electrons. The average molecular weight is 498 g/mol. The first-order valence-electron chi connectivity index (χ1n) is 11.8. The van der Waals surface area contributed by atoms with Crippen molar-refractivity contribution < 1.29 is 17.9 Å². The summed E-state index contributed by atoms with van der Waals surface area (Å²) in [6, 6.07) is 11.9. The zero-order valence-electron chi connectivity index (χ0n) is 20.3. The van der Waals surface area contributed by atoms with Crippen molar-refractivity contribution >= 4 is 26.8 Å². The van der Waals surface area contributed by atoms with Crippen molar-refractivity contribution in [2.45, 2.75) is 44.7 Å². The zero-order valence-corrected chi connectivity index (χ0v) is 21.1. The summed E-state index contributed by atoms with van der Waals surface area (Å²) in [5.74, 6) is 0.606. The number of amides is 1. The predicted molar refractivity (Wildman–Crippen MR) is 135 cm³/mol. The van der Waals surface area contributed by atoms with E-state index in [0.29, 0.717) is 36.8 Å². The molecular weight excluding hydrogens is 466 g/mol. The maximum absolute atomic E-state index is 13.4. The Labute approximate surface area is 205 Å². The Morgan fingerprint density at radius 3 is 2.54 bits per heavy atom. The third kappa shape index (κ3) is 4.97. The molecule has 0 atom stereocenters. The highest BCUT2D eigenvalue weighted by Crippen LogP contribution is 2.25. The Morgan fingerprint density at radius 2 is 1.86 bits per heavy atom. The number of pyridine rings is 1. The normalized spacial score (nSPS) is 15.3. The number of nitrogens with zero attached hydrogens (tertiary/aromatic N) is 2. The molecule has 3 aromatic rings. The lowest BCUT2D eigenvalue weighted by Crippen LogP contribution is -2.38. The van der Waals surface area contributed by atoms with Crippen LogP contribution >= 0.6 is 0 Å². The fourth-order valence-corrected chi connectivity index (χ4v) is 5.95. The highest BCUT2D eigenvalue weighted by molar-refractivity contribution is 7.89. The van der Waals surface area contributed by atoms with Gasteiger partial charge < -0.3 is 14.6 Å². The molecule has 0 radical (unpaired) electrons. The molecule has 8 nitrogen and oxygen atoms in total. The van der Waals surface area contributed by atoms with Crippen molar-refractivity contribution in [1.82, 2.24) is 14.2 Å². The monoisotopic (exact) mass is 497 g/mol. The second-order valence-electron chi connectivity index (χ2n) is 8.92. The fourth-order valence-electron chi connectivity index (χ4n) is 4.45. The van der Waals surface area contributed by atoms with Gasteiger partial charge in [-0.3, -0.25) is 9.59 Å². The molecule has 2 aromatic carbocycles. The van der Waals surface area contributed by atoms with E-state index in [4.69, 9.17) is 4.74 Å². The number of nitrogens with one attached hydrogen (secondary N) is 1. The van der Waals surface area contributed by atoms with Gasteiger partial charge in [0.25, 0.3) is 5.91 Å². The number of aromatic nitrogens is 1. The minimum absolute atomic E-state index is 0.0319. The summed E-state index contributed by atoms with van der Waals surface area (Å²) in [5, 5.41) is 3.00. The van der Waals surface area contributed by atoms with Crippen molar-refractivity contribution in [2.75, 3.05) is 20.2 Å². The van der Waals surface area contributed by atoms with Crippen LogP contribution in [0.5, 0.6) is 5.75 Å². The topological polar surface area (TPSA) is 97.7 Å². The number of sulfonamides is 1. The molecule has 0 aliphatic carbocycles. The number of carbonyl (C=O) groups excluding carboxylic acids is 1. The highest BCUT2D eigenvalue weighted by atomic mass is 32.2. The number of rotatable bonds is 7. The molecule has 4 rings (SSSR count). The quantitative estimate of drug-likeness (QED) is 0.540. The van der Waals surface area contributed by atoms with Crippen LogP contribution in [-0.4, -0.2) is 43.4 Å². The van der Waals surface area contributed by atoms with Crippen LogP contribution in [0.15, 0.2) is 58.4 Å². The van der Waals surface area contributed by atoms with E-state index in [0.717, 1.165) is 18.4 Å². The Hall–Kier alpha value is -3.17. The van der Waals surface area contributed by atoms with Gasteiger partial charge in [0.2, 0.25) is 15.5 Å². The molecular formula is C26H31N3O5S. The van der Waals surface area contributed by atoms with Crippen LogP contribution in [0, 0.1) is 5.92 Å². The summed E-state index contributed by atoms with van der Waals surface area (Å²) in [6.07, 6.45) is 3.15. The Balaban J connectivity index is 1.69. The van der Waals surface area contributed by atoms with Gasteiger partial charge in [-0.2, -0.15) is 4.31 Å². The standard InChI is InChI=1S/C26H31N3O5S/c1-4-28-17-22(26(31)27-16-19-7-5-6-8-24(19)34-3)25(30)21-15-20(9-10-23(21)28)35(32,33)29-13-11-18(2)12-14-29/h5-10,15,17-18H,4,11-14,16H2,1-3H3,(H,27,31). The number of benzene rings is 2. The Morgan fingerprint density at radius 1 is 1.14 bits per heavy atom. The number of para-hydroxylation sites is 1. The second-order valence-corrected chi connectivity index (χ2v) is 10.9. The van der Waals surface area contributed by atoms with E-state index < -0.39 is 21.4 Å². The molecule has 1 fully saturated rings. The number of hydrogen-bond acceptors (Lipinski definition) is 5. The third-order valence-electron chi connectivity index (χ3n) is 6.65. The van der Waals surface area contributed by atoms with Crippen molar-refractivity contribution in [2.24, 2.45) is 5.92 Å². The molecule has 0 unspecified atom stereocenters. The average Bonchev–Trinajstić information content (AvgIpc) is 2.87. The van der Waals surface area contributed by atoms with Crippen molar-refractivity contribution in [3.05, 3.63) is 70.0 Å². The first-order chi connectivity index (χ1) is 16.8. The lowest BCUT2D eigenvalue weighted by molar-refractivity contribution is 0.0949. The van der Waals surface area contributed by atoms with Gasteiger partial charge in [-0.25, -0.2) is 8.42 Å². The highest BCUT2D eigenvalue weighted by Gasteiger charge is 2.29. The summed E-state index contributed by atoms with van der Waals surface area (Å²) < 4.78 is 35.1. The smallest absolute Gasteiger partial charge is 0.257 e. The van der Waals surface area contributed by atoms with Gasteiger partial charge in [0.1, 0.15) is 11.3 Å². The summed E-state index contributed by atoms with van der Waals surface area (Å²) >= 11 is 0. The number of piperidine rings is 1. The van der Waals surface area contributed by atoms with Gasteiger partial charge in [-0.05, 0) is 49.9 Å². The summed E-state index contributed by atoms with van der Waals surface area (Å²) in [7, 11) is -2.17. The van der Waals surface area contributed by atoms with E-state index in [1.807, 2.05) is 25.1 Å². The van der Waals surface area contributed by atoms with Gasteiger partial charge in [-0.1, -0.05) is 25.1 Å². The fraction of sp³-hybridized carbons (Fsp3) is 0.385. The number of fused-ring (bicyclic) bond motifs is 1. The Bertz CT molecular complexity index is 1410. The maximum Gasteiger partial charge on any atom is 0.257 e. The van der Waals surface area contributed by atoms with Crippen LogP contribution in [0.3, 0.4) is 0 Å². The molecule has 1 N–H and O–H groups in total. The summed E-state index contributed by atoms with van der Waals surface area (Å²) in [6.45, 7) is 5.65. The van der Waals surface area contributed by atoms with Crippen LogP contribution in [0.25, 0.3) is 10.9 Å². The molecule has 2 heterocycles. The van der Waals surface area contributed by atoms with Gasteiger partial charge >= 0.3 is 0 Å². The maximum atomic E-state index is 13.4. The molecule has 0 saturated carbocycles. The SMILES string of the molecule is CCn1cc(C(=O)NCc2ccccc2OC)c(=O)c2cc(S(=O)(=O)N3CCC(C)CC3)ccc21. The van der Waals surface area contributed by atoms with E-state index in [1.54, 1.807) is 29.9 Å². The van der Waals surface area contributed by atoms with Gasteiger partial charge in [0.05, 0.1) is 17.5 Å². The summed E-state index contributed by atoms with van der Waals surface area (Å²) in [4.78, 5) is 26.5. The molecule has 0 bridgehead atoms. The second kappa shape index (κ2) is 10.2. The molecule has 9 heteroatoms. The van der Waals surface area contributed by atoms with Crippen molar-refractivity contribution in [3.63, 3.8) is 0 Å². The number of hydrogen-bond donors (Lipinski definition) is 1. The minimum atomic E-state index is -3.73. The lowest BCUT2D eigenvalue weighted by Gasteiger charge is -2.29. The largest absolute Gasteiger partial charge is 0.496 e. The first-order valence-corrected chi connectivity index (χ1v) is 13.3. The Kier molecular flexibility index (Phi) is 7.28. The van der Waals surface area contributed by atoms with Crippen LogP contribution < -0.4 is 15.5 Å². The number of aryl methyl sites for hydroxylation is 1. The predicted octanol–water partition coefficient (Wildman–Crippen LogP) is 3.38. The molecule has 1 saturated heterocycles. The number of carbonyl (C=O) groups is 1. The van der Waals surface area contributed by atoms with Crippen LogP contribution in [0.2, 0.25) is 0 Å². The molecule has 1 aromatic heterocycles. The molecule has 1 amide bonds. The van der Waals surface area contributed by atoms with Gasteiger partial charge in [0, 0.05) is 43.3 Å². The third-order valence-corrected chi connectivity index (χ3v) is 8.54. The van der Waals surface area contributed by atoms with Crippen molar-refractivity contribution in [1.29, 1.82) is 0 Å².